The van der Waals surface area contributed by atoms with Crippen LogP contribution in [0, 0.1) is 0 Å². The molecule has 0 aromatic carbocycles. The summed E-state index contributed by atoms with van der Waals surface area (Å²) < 4.78 is 11.0. The lowest BCUT2D eigenvalue weighted by molar-refractivity contribution is 0.0558. The Morgan fingerprint density at radius 3 is 2.45 bits per heavy atom. The Labute approximate surface area is 130 Å². The zero-order valence-corrected chi connectivity index (χ0v) is 12.5. The average molecular weight is 319 g/mol. The van der Waals surface area contributed by atoms with E-state index in [9.17, 15) is 9.59 Å². The molecule has 0 aliphatic heterocycles. The monoisotopic (exact) mass is 318 g/mol. The van der Waals surface area contributed by atoms with E-state index < -0.39 is 11.9 Å². The summed E-state index contributed by atoms with van der Waals surface area (Å²) in [6, 6.07) is 7.12. The predicted molar refractivity (Wildman–Crippen MR) is 80.4 cm³/mol. The maximum absolute atomic E-state index is 12.1. The van der Waals surface area contributed by atoms with Crippen molar-refractivity contribution in [1.29, 1.82) is 0 Å². The van der Waals surface area contributed by atoms with Gasteiger partial charge < -0.3 is 9.47 Å². The quantitative estimate of drug-likeness (QED) is 0.679. The third kappa shape index (κ3) is 1.92. The molecule has 3 aromatic rings. The molecule has 0 unspecified atom stereocenters. The number of pyridine rings is 2. The third-order valence-electron chi connectivity index (χ3n) is 3.38. The SMILES string of the molecule is COC(=O)c1c(C(=O)OC)c2ccc3cccnc3n2c1Cl. The van der Waals surface area contributed by atoms with Crippen LogP contribution in [-0.2, 0) is 9.47 Å². The van der Waals surface area contributed by atoms with Gasteiger partial charge >= 0.3 is 11.9 Å². The van der Waals surface area contributed by atoms with Gasteiger partial charge in [-0.1, -0.05) is 11.6 Å². The molecule has 0 saturated carbocycles. The van der Waals surface area contributed by atoms with Gasteiger partial charge in [-0.3, -0.25) is 4.40 Å². The van der Waals surface area contributed by atoms with Crippen molar-refractivity contribution in [2.75, 3.05) is 14.2 Å². The van der Waals surface area contributed by atoms with E-state index in [4.69, 9.17) is 21.1 Å². The van der Waals surface area contributed by atoms with Crippen molar-refractivity contribution in [2.24, 2.45) is 0 Å². The second-order valence-corrected chi connectivity index (χ2v) is 4.85. The van der Waals surface area contributed by atoms with Crippen LogP contribution >= 0.6 is 11.6 Å². The van der Waals surface area contributed by atoms with Crippen molar-refractivity contribution in [2.45, 2.75) is 0 Å². The fraction of sp³-hybridized carbons (Fsp3) is 0.133. The number of hydrogen-bond donors (Lipinski definition) is 0. The molecule has 112 valence electrons. The van der Waals surface area contributed by atoms with Gasteiger partial charge in [0.05, 0.1) is 19.7 Å². The fourth-order valence-electron chi connectivity index (χ4n) is 2.42. The molecule has 3 rings (SSSR count). The van der Waals surface area contributed by atoms with Gasteiger partial charge in [0.2, 0.25) is 0 Å². The van der Waals surface area contributed by atoms with Crippen molar-refractivity contribution in [3.63, 3.8) is 0 Å². The summed E-state index contributed by atoms with van der Waals surface area (Å²) in [6.07, 6.45) is 1.60. The highest BCUT2D eigenvalue weighted by Crippen LogP contribution is 2.32. The molecule has 22 heavy (non-hydrogen) atoms. The number of hydrogen-bond acceptors (Lipinski definition) is 5. The third-order valence-corrected chi connectivity index (χ3v) is 3.74. The molecule has 0 amide bonds. The smallest absolute Gasteiger partial charge is 0.341 e. The first-order valence-corrected chi connectivity index (χ1v) is 6.72. The van der Waals surface area contributed by atoms with Crippen LogP contribution in [0.1, 0.15) is 20.7 Å². The molecule has 0 atom stereocenters. The van der Waals surface area contributed by atoms with Crippen molar-refractivity contribution < 1.29 is 19.1 Å². The number of aromatic nitrogens is 2. The molecule has 0 spiro atoms. The van der Waals surface area contributed by atoms with Crippen molar-refractivity contribution in [3.05, 3.63) is 46.7 Å². The molecule has 0 fully saturated rings. The van der Waals surface area contributed by atoms with E-state index in [0.717, 1.165) is 5.39 Å². The summed E-state index contributed by atoms with van der Waals surface area (Å²) in [4.78, 5) is 28.4. The maximum atomic E-state index is 12.1. The number of esters is 2. The van der Waals surface area contributed by atoms with Crippen LogP contribution in [0.2, 0.25) is 5.15 Å². The Balaban J connectivity index is 2.52. The second kappa shape index (κ2) is 5.31. The molecule has 0 bridgehead atoms. The topological polar surface area (TPSA) is 69.9 Å². The predicted octanol–water partition coefficient (Wildman–Crippen LogP) is 2.71. The summed E-state index contributed by atoms with van der Waals surface area (Å²) in [7, 11) is 2.46. The van der Waals surface area contributed by atoms with E-state index in [1.54, 1.807) is 24.4 Å². The van der Waals surface area contributed by atoms with Gasteiger partial charge in [0.15, 0.2) is 0 Å². The Morgan fingerprint density at radius 1 is 1.09 bits per heavy atom. The molecular formula is C15H11ClN2O4. The number of ether oxygens (including phenoxy) is 2. The average Bonchev–Trinajstić information content (AvgIpc) is 2.86. The number of nitrogens with zero attached hydrogens (tertiary/aromatic N) is 2. The first-order chi connectivity index (χ1) is 10.6. The number of halogens is 1. The van der Waals surface area contributed by atoms with E-state index in [1.165, 1.54) is 18.6 Å². The van der Waals surface area contributed by atoms with Gasteiger partial charge in [0.1, 0.15) is 21.9 Å². The number of fused-ring (bicyclic) bond motifs is 3. The lowest BCUT2D eigenvalue weighted by Gasteiger charge is -2.03. The Morgan fingerprint density at radius 2 is 1.77 bits per heavy atom. The van der Waals surface area contributed by atoms with Crippen LogP contribution in [0.25, 0.3) is 16.6 Å². The van der Waals surface area contributed by atoms with Crippen LogP contribution in [0.15, 0.2) is 30.5 Å². The standard InChI is InChI=1S/C15H11ClN2O4/c1-21-14(19)10-9-6-5-8-4-3-7-17-13(8)18(9)12(16)11(10)15(20)22-2/h3-7H,1-2H3. The number of rotatable bonds is 2. The molecule has 3 heterocycles. The van der Waals surface area contributed by atoms with Crippen LogP contribution in [0.4, 0.5) is 0 Å². The molecule has 0 radical (unpaired) electrons. The number of carbonyl (C=O) groups is 2. The van der Waals surface area contributed by atoms with Gasteiger partial charge in [-0.25, -0.2) is 14.6 Å². The first-order valence-electron chi connectivity index (χ1n) is 6.34. The first kappa shape index (κ1) is 14.3. The second-order valence-electron chi connectivity index (χ2n) is 4.49. The Kier molecular flexibility index (Phi) is 3.46. The minimum Gasteiger partial charge on any atom is -0.465 e. The normalized spacial score (nSPS) is 10.9. The summed E-state index contributed by atoms with van der Waals surface area (Å²) in [5.41, 5.74) is 0.995. The van der Waals surface area contributed by atoms with E-state index >= 15 is 0 Å². The van der Waals surface area contributed by atoms with E-state index in [1.807, 2.05) is 6.07 Å². The molecule has 3 aromatic heterocycles. The summed E-state index contributed by atoms with van der Waals surface area (Å²) in [5.74, 6) is -1.38. The van der Waals surface area contributed by atoms with E-state index in [2.05, 4.69) is 4.98 Å². The molecule has 7 heteroatoms. The van der Waals surface area contributed by atoms with Crippen LogP contribution in [0.5, 0.6) is 0 Å². The molecule has 0 aliphatic rings. The lowest BCUT2D eigenvalue weighted by Crippen LogP contribution is -2.09. The minimum atomic E-state index is -0.710. The van der Waals surface area contributed by atoms with Crippen molar-refractivity contribution >= 4 is 40.1 Å². The van der Waals surface area contributed by atoms with Crippen LogP contribution < -0.4 is 0 Å². The number of methoxy groups -OCH3 is 2. The van der Waals surface area contributed by atoms with Gasteiger partial charge in [0.25, 0.3) is 0 Å². The lowest BCUT2D eigenvalue weighted by atomic mass is 10.1. The Hall–Kier alpha value is -2.60. The summed E-state index contributed by atoms with van der Waals surface area (Å²) in [5, 5.41) is 0.881. The van der Waals surface area contributed by atoms with E-state index in [-0.39, 0.29) is 16.3 Å². The van der Waals surface area contributed by atoms with Gasteiger partial charge in [-0.2, -0.15) is 0 Å². The van der Waals surface area contributed by atoms with Crippen LogP contribution in [-0.4, -0.2) is 35.5 Å². The molecule has 0 saturated heterocycles. The van der Waals surface area contributed by atoms with Gasteiger partial charge in [-0.15, -0.1) is 0 Å². The molecule has 0 N–H and O–H groups in total. The highest BCUT2D eigenvalue weighted by Gasteiger charge is 2.29. The molecule has 0 aliphatic carbocycles. The fourth-order valence-corrected chi connectivity index (χ4v) is 2.76. The number of carbonyl (C=O) groups excluding carboxylic acids is 2. The summed E-state index contributed by atoms with van der Waals surface area (Å²) in [6.45, 7) is 0. The Bertz CT molecular complexity index is 917. The highest BCUT2D eigenvalue weighted by molar-refractivity contribution is 6.35. The van der Waals surface area contributed by atoms with Gasteiger partial charge in [-0.05, 0) is 24.3 Å². The van der Waals surface area contributed by atoms with E-state index in [0.29, 0.717) is 11.2 Å². The van der Waals surface area contributed by atoms with Crippen molar-refractivity contribution in [3.8, 4) is 0 Å². The molecular weight excluding hydrogens is 308 g/mol. The van der Waals surface area contributed by atoms with Crippen molar-refractivity contribution in [1.82, 2.24) is 9.38 Å². The summed E-state index contributed by atoms with van der Waals surface area (Å²) >= 11 is 6.33. The minimum absolute atomic E-state index is 0.0332. The largest absolute Gasteiger partial charge is 0.465 e. The zero-order valence-electron chi connectivity index (χ0n) is 11.8. The highest BCUT2D eigenvalue weighted by atomic mass is 35.5. The van der Waals surface area contributed by atoms with Gasteiger partial charge in [0, 0.05) is 11.6 Å². The molecule has 6 nitrogen and oxygen atoms in total. The zero-order chi connectivity index (χ0) is 15.9. The maximum Gasteiger partial charge on any atom is 0.341 e. The van der Waals surface area contributed by atoms with Crippen LogP contribution in [0.3, 0.4) is 0 Å².